The Morgan fingerprint density at radius 1 is 0.538 bits per heavy atom. The van der Waals surface area contributed by atoms with E-state index in [2.05, 4.69) is 26.0 Å². The molecule has 0 bridgehead atoms. The number of nitrogens with zero attached hydrogens (tertiary/aromatic N) is 4. The van der Waals surface area contributed by atoms with Gasteiger partial charge in [-0.2, -0.15) is 12.6 Å². The number of aromatic nitrogens is 2. The number of carbonyl (C=O) groups is 6. The summed E-state index contributed by atoms with van der Waals surface area (Å²) in [6.45, 7) is 2.34. The molecule has 8 rings (SSSR count). The number of phosphoric acid groups is 2. The van der Waals surface area contributed by atoms with Crippen LogP contribution in [-0.4, -0.2) is 376 Å². The molecule has 6 fully saturated rings. The number of hydrogen-bond donors (Lipinski definition) is 16. The molecule has 23 atom stereocenters. The molecule has 0 aliphatic carbocycles. The van der Waals surface area contributed by atoms with E-state index < -0.39 is 172 Å². The molecule has 14 unspecified atom stereocenters. The fraction of sp³-hybridized carbons (Fsp3) is 0.778. The van der Waals surface area contributed by atoms with Crippen LogP contribution in [0, 0.1) is 0 Å². The van der Waals surface area contributed by atoms with Crippen LogP contribution in [0.15, 0.2) is 34.0 Å². The number of aromatic amines is 1. The van der Waals surface area contributed by atoms with E-state index in [1.807, 2.05) is 4.98 Å². The Morgan fingerprint density at radius 3 is 1.39 bits per heavy atom. The molecule has 104 heavy (non-hydrogen) atoms. The normalized spacial score (nSPS) is 33.1. The maximum absolute atomic E-state index is 12.7. The van der Waals surface area contributed by atoms with Crippen molar-refractivity contribution in [3.05, 3.63) is 45.3 Å². The number of thiol groups is 1. The third-order valence-corrected chi connectivity index (χ3v) is 20.9. The second-order valence-corrected chi connectivity index (χ2v) is 28.3. The zero-order valence-corrected chi connectivity index (χ0v) is 65.0. The number of imide groups is 3. The van der Waals surface area contributed by atoms with Crippen molar-refractivity contribution in [3.8, 4) is 0 Å². The average Bonchev–Trinajstić information content (AvgIpc) is 1.81. The van der Waals surface area contributed by atoms with Crippen LogP contribution in [0.4, 0.5) is 0 Å². The molecule has 7 aliphatic heterocycles. The van der Waals surface area contributed by atoms with E-state index in [-0.39, 0.29) is 146 Å². The van der Waals surface area contributed by atoms with Gasteiger partial charge in [0.1, 0.15) is 73.2 Å². The summed E-state index contributed by atoms with van der Waals surface area (Å²) in [5.41, 5.74) is -1.79. The van der Waals surface area contributed by atoms with Gasteiger partial charge in [-0.15, -0.1) is 23.5 Å². The third-order valence-electron chi connectivity index (χ3n) is 15.4. The number of hydrogen-bond acceptors (Lipinski definition) is 40. The Morgan fingerprint density at radius 2 is 0.952 bits per heavy atom. The van der Waals surface area contributed by atoms with Crippen LogP contribution < -0.4 is 75.3 Å². The topological polar surface area (TPSA) is 627 Å². The van der Waals surface area contributed by atoms with Crippen molar-refractivity contribution in [1.29, 1.82) is 0 Å². The molecule has 43 nitrogen and oxygen atoms in total. The van der Waals surface area contributed by atoms with Crippen LogP contribution in [0.1, 0.15) is 19.1 Å². The number of nitrogens with one attached hydrogen (secondary N) is 1. The molecule has 15 N–H and O–H groups in total. The van der Waals surface area contributed by atoms with Crippen molar-refractivity contribution >= 4 is 87.2 Å². The predicted octanol–water partition coefficient (Wildman–Crippen LogP) is -16.3. The summed E-state index contributed by atoms with van der Waals surface area (Å²) in [5.74, 6) is -2.32. The summed E-state index contributed by atoms with van der Waals surface area (Å²) in [4.78, 5) is 123. The predicted molar refractivity (Wildman–Crippen MR) is 340 cm³/mol. The summed E-state index contributed by atoms with van der Waals surface area (Å²) in [5, 5.41) is 125. The summed E-state index contributed by atoms with van der Waals surface area (Å²) in [7, 11) is -7.00. The number of amides is 6. The molecule has 1 aromatic rings. The minimum atomic E-state index is -5.97. The Labute approximate surface area is 650 Å². The van der Waals surface area contributed by atoms with Crippen molar-refractivity contribution in [3.63, 3.8) is 0 Å². The SMILES string of the molecule is COCCOCCN1C(=O)C=CC1=O.COCCOCCN1C(=O)CC(SCC2OC(O)C(O)[C@@H](O)[C@H]2O)C1=O.COCCOCCN1C(=O)CC(SCC2OC(OP(=O)([O-])OP(=O)(O)OC[C@H]3O[C@@H](n4ccc(=O)[nH]c4=O)C(O)[C@H]3O)C(O)[C@@H](O)[C@H]2O)C1=O.OC1OC(CS)[C@H](O)[C@H](O)C1O.[Na+].[Na+]. The van der Waals surface area contributed by atoms with E-state index in [1.165, 1.54) is 19.3 Å². The van der Waals surface area contributed by atoms with Crippen LogP contribution in [0.3, 0.4) is 0 Å². The molecule has 0 radical (unpaired) electrons. The van der Waals surface area contributed by atoms with Gasteiger partial charge in [-0.25, -0.2) is 13.7 Å². The van der Waals surface area contributed by atoms with Crippen molar-refractivity contribution in [2.24, 2.45) is 0 Å². The zero-order chi connectivity index (χ0) is 75.9. The third kappa shape index (κ3) is 28.5. The van der Waals surface area contributed by atoms with E-state index in [0.29, 0.717) is 50.8 Å². The summed E-state index contributed by atoms with van der Waals surface area (Å²) >= 11 is 5.78. The second kappa shape index (κ2) is 46.9. The molecule has 1 aromatic heterocycles. The van der Waals surface area contributed by atoms with Crippen molar-refractivity contribution in [2.45, 2.75) is 140 Å². The van der Waals surface area contributed by atoms with Crippen molar-refractivity contribution in [2.75, 3.05) is 124 Å². The molecule has 0 saturated carbocycles. The van der Waals surface area contributed by atoms with Gasteiger partial charge in [0.15, 0.2) is 25.1 Å². The first-order valence-corrected chi connectivity index (χ1v) is 36.5. The molecule has 50 heteroatoms. The van der Waals surface area contributed by atoms with Crippen LogP contribution in [0.25, 0.3) is 0 Å². The standard InChI is InChI=1S/C24H37N3O20P2S.C15H25NO9S.C9H13NO4.C6H12O5S.2Na/c1-41-6-7-42-5-4-26-15(29)8-13(21(26)35)50-10-12-17(31)18(32)20(34)23(45-12)46-49(39,40)47-48(37,38)43-9-11-16(30)19(33)22(44-11)27-3-2-14(28)25-24(27)36;1-23-4-5-24-3-2-16-10(17)6-9(14(16)21)26-7-8-11(18)12(19)13(20)15(22)25-8;1-13-6-7-14-5-4-10-8(11)2-3-9(10)12;7-3-2(1-12)11-6(10)5(9)4(3)8;;/h2-3,11-13,16-20,22-23,30-34H,4-10H2,1H3,(H,37,38)(H,39,40)(H,25,28,36);8-9,11-13,15,18-20,22H,2-7H2,1H3;2-3H,4-7H2,1H3;2-10,12H,1H2;;/q;;;;2*+1/p-1/t11-,12?,13?,16+,17+,18+,19?,20?,22-,23?;8?,9?,11-,12-,13?,15?;;2?,3-,4-,5?,6?;;/m10.0../s1. The first-order chi connectivity index (χ1) is 48.1. The Hall–Kier alpha value is -1.77. The number of aliphatic hydroxyl groups is 13. The molecular formula is C54H86N5Na2O38P2S3+. The number of H-pyrrole nitrogens is 1. The summed E-state index contributed by atoms with van der Waals surface area (Å²) in [6.07, 6.45) is -27.0. The Balaban J connectivity index is 0.000000428. The van der Waals surface area contributed by atoms with Crippen molar-refractivity contribution < 1.29 is 234 Å². The number of phosphoric ester groups is 2. The van der Waals surface area contributed by atoms with E-state index in [0.717, 1.165) is 50.5 Å². The number of carbonyl (C=O) groups excluding carboxylic acids is 6. The second-order valence-electron chi connectivity index (χ2n) is 22.5. The molecule has 0 aromatic carbocycles. The van der Waals surface area contributed by atoms with E-state index in [1.54, 1.807) is 14.2 Å². The average molecular weight is 1620 g/mol. The van der Waals surface area contributed by atoms with Crippen LogP contribution in [-0.2, 0) is 98.6 Å². The monoisotopic (exact) mass is 1620 g/mol. The molecule has 0 spiro atoms. The largest absolute Gasteiger partial charge is 1.00 e. The van der Waals surface area contributed by atoms with Gasteiger partial charge in [0.25, 0.3) is 25.2 Å². The van der Waals surface area contributed by atoms with Crippen LogP contribution in [0.2, 0.25) is 0 Å². The number of ether oxygens (including phenoxy) is 10. The minimum Gasteiger partial charge on any atom is -0.756 e. The molecule has 6 saturated heterocycles. The molecular weight excluding hydrogens is 1530 g/mol. The van der Waals surface area contributed by atoms with Crippen molar-refractivity contribution in [1.82, 2.24) is 24.3 Å². The van der Waals surface area contributed by atoms with Gasteiger partial charge in [-0.05, 0) is 0 Å². The maximum atomic E-state index is 12.7. The van der Waals surface area contributed by atoms with E-state index in [9.17, 15) is 108 Å². The minimum absolute atomic E-state index is 0. The fourth-order valence-electron chi connectivity index (χ4n) is 9.79. The number of methoxy groups -OCH3 is 3. The Kier molecular flexibility index (Phi) is 43.5. The number of thioether (sulfide) groups is 2. The first-order valence-electron chi connectivity index (χ1n) is 30.9. The van der Waals surface area contributed by atoms with Gasteiger partial charge in [-0.1, -0.05) is 0 Å². The quantitative estimate of drug-likeness (QED) is 0.0102. The van der Waals surface area contributed by atoms with Gasteiger partial charge in [0.05, 0.1) is 115 Å². The van der Waals surface area contributed by atoms with Gasteiger partial charge in [0, 0.05) is 75.8 Å². The number of likely N-dealkylation sites (tertiary alicyclic amines) is 2. The maximum Gasteiger partial charge on any atom is 1.00 e. The molecule has 6 amide bonds. The fourth-order valence-corrected chi connectivity index (χ4v) is 14.7. The van der Waals surface area contributed by atoms with Gasteiger partial charge >= 0.3 is 72.6 Å². The molecule has 584 valence electrons. The van der Waals surface area contributed by atoms with E-state index >= 15 is 0 Å². The Bertz CT molecular complexity index is 3100. The summed E-state index contributed by atoms with van der Waals surface area (Å²) < 4.78 is 89.4. The first kappa shape index (κ1) is 96.4. The van der Waals surface area contributed by atoms with Crippen LogP contribution in [0.5, 0.6) is 0 Å². The number of aliphatic hydroxyl groups excluding tert-OH is 13. The molecule has 8 heterocycles. The molecule has 7 aliphatic rings. The van der Waals surface area contributed by atoms with Gasteiger partial charge < -0.3 is 124 Å². The van der Waals surface area contributed by atoms with Gasteiger partial charge in [-0.3, -0.25) is 71.4 Å². The summed E-state index contributed by atoms with van der Waals surface area (Å²) in [6, 6.07) is 0.916. The zero-order valence-electron chi connectivity index (χ0n) is 56.7. The van der Waals surface area contributed by atoms with E-state index in [4.69, 9.17) is 62.7 Å². The number of rotatable bonds is 33. The smallest absolute Gasteiger partial charge is 0.756 e. The van der Waals surface area contributed by atoms with Crippen LogP contribution >= 0.6 is 51.8 Å². The van der Waals surface area contributed by atoms with Gasteiger partial charge in [0.2, 0.25) is 23.6 Å².